The number of carboxylic acids is 1. The number of rotatable bonds is 6. The van der Waals surface area contributed by atoms with Gasteiger partial charge in [0.1, 0.15) is 5.75 Å². The SMILES string of the molecule is O=C(O)/C=C/c1cc(Cl)ccc1OCCSC(F)(F)F. The van der Waals surface area contributed by atoms with Gasteiger partial charge in [0, 0.05) is 22.4 Å². The van der Waals surface area contributed by atoms with Crippen molar-refractivity contribution in [1.29, 1.82) is 0 Å². The van der Waals surface area contributed by atoms with Crippen LogP contribution in [0.3, 0.4) is 0 Å². The van der Waals surface area contributed by atoms with E-state index >= 15 is 0 Å². The standard InChI is InChI=1S/C12H10ClF3O3S/c13-9-2-3-10(8(7-9)1-4-11(17)18)19-5-6-20-12(14,15)16/h1-4,7H,5-6H2,(H,17,18)/b4-1+. The number of ether oxygens (including phenoxy) is 1. The Morgan fingerprint density at radius 3 is 2.75 bits per heavy atom. The molecule has 1 rings (SSSR count). The van der Waals surface area contributed by atoms with Gasteiger partial charge in [-0.05, 0) is 36.0 Å². The van der Waals surface area contributed by atoms with E-state index in [0.29, 0.717) is 10.6 Å². The third kappa shape index (κ3) is 6.72. The summed E-state index contributed by atoms with van der Waals surface area (Å²) in [5, 5.41) is 8.92. The highest BCUT2D eigenvalue weighted by Crippen LogP contribution is 2.30. The van der Waals surface area contributed by atoms with Crippen LogP contribution in [0.4, 0.5) is 13.2 Å². The highest BCUT2D eigenvalue weighted by Gasteiger charge is 2.27. The maximum atomic E-state index is 11.9. The van der Waals surface area contributed by atoms with Crippen LogP contribution in [0, 0.1) is 0 Å². The Kier molecular flexibility index (Phi) is 6.22. The van der Waals surface area contributed by atoms with E-state index in [9.17, 15) is 18.0 Å². The van der Waals surface area contributed by atoms with Crippen LogP contribution < -0.4 is 4.74 Å². The number of halogens is 4. The lowest BCUT2D eigenvalue weighted by atomic mass is 10.2. The molecule has 8 heteroatoms. The molecule has 0 aliphatic rings. The van der Waals surface area contributed by atoms with Crippen molar-refractivity contribution in [2.75, 3.05) is 12.4 Å². The average Bonchev–Trinajstić information content (AvgIpc) is 2.32. The number of carboxylic acid groups (broad SMARTS) is 1. The highest BCUT2D eigenvalue weighted by atomic mass is 35.5. The molecule has 0 atom stereocenters. The number of hydrogen-bond acceptors (Lipinski definition) is 3. The molecule has 0 saturated heterocycles. The molecule has 1 aromatic carbocycles. The Morgan fingerprint density at radius 2 is 2.15 bits per heavy atom. The van der Waals surface area contributed by atoms with Crippen molar-refractivity contribution in [2.45, 2.75) is 5.51 Å². The first-order chi connectivity index (χ1) is 9.28. The summed E-state index contributed by atoms with van der Waals surface area (Å²) >= 11 is 5.58. The van der Waals surface area contributed by atoms with Gasteiger partial charge in [0.2, 0.25) is 0 Å². The van der Waals surface area contributed by atoms with E-state index in [0.717, 1.165) is 6.08 Å². The molecular formula is C12H10ClF3O3S. The lowest BCUT2D eigenvalue weighted by Crippen LogP contribution is -2.07. The predicted octanol–water partition coefficient (Wildman–Crippen LogP) is 4.07. The van der Waals surface area contributed by atoms with Crippen LogP contribution in [0.2, 0.25) is 5.02 Å². The third-order valence-electron chi connectivity index (χ3n) is 1.98. The number of thioether (sulfide) groups is 1. The average molecular weight is 327 g/mol. The molecule has 0 amide bonds. The number of aliphatic carboxylic acids is 1. The maximum absolute atomic E-state index is 11.9. The number of hydrogen-bond donors (Lipinski definition) is 1. The minimum Gasteiger partial charge on any atom is -0.492 e. The Bertz CT molecular complexity index is 503. The van der Waals surface area contributed by atoms with Crippen molar-refractivity contribution < 1.29 is 27.8 Å². The molecule has 3 nitrogen and oxygen atoms in total. The van der Waals surface area contributed by atoms with E-state index in [2.05, 4.69) is 0 Å². The molecule has 110 valence electrons. The number of carbonyl (C=O) groups is 1. The zero-order valence-electron chi connectivity index (χ0n) is 9.98. The van der Waals surface area contributed by atoms with Gasteiger partial charge in [0.15, 0.2) is 0 Å². The Morgan fingerprint density at radius 1 is 1.45 bits per heavy atom. The first kappa shape index (κ1) is 16.7. The maximum Gasteiger partial charge on any atom is 0.441 e. The van der Waals surface area contributed by atoms with Crippen molar-refractivity contribution in [3.05, 3.63) is 34.9 Å². The molecule has 1 N–H and O–H groups in total. The van der Waals surface area contributed by atoms with Crippen molar-refractivity contribution in [1.82, 2.24) is 0 Å². The molecule has 0 aromatic heterocycles. The summed E-state index contributed by atoms with van der Waals surface area (Å²) in [6, 6.07) is 4.45. The molecule has 0 aliphatic heterocycles. The van der Waals surface area contributed by atoms with Gasteiger partial charge in [-0.2, -0.15) is 13.2 Å². The molecule has 0 bridgehead atoms. The van der Waals surface area contributed by atoms with Crippen LogP contribution in [0.25, 0.3) is 6.08 Å². The van der Waals surface area contributed by atoms with Gasteiger partial charge in [0.05, 0.1) is 6.61 Å². The lowest BCUT2D eigenvalue weighted by Gasteiger charge is -2.10. The van der Waals surface area contributed by atoms with E-state index in [1.54, 1.807) is 0 Å². The van der Waals surface area contributed by atoms with Crippen LogP contribution in [-0.2, 0) is 4.79 Å². The van der Waals surface area contributed by atoms with Crippen molar-refractivity contribution in [2.24, 2.45) is 0 Å². The summed E-state index contributed by atoms with van der Waals surface area (Å²) in [6.45, 7) is -0.153. The summed E-state index contributed by atoms with van der Waals surface area (Å²) in [7, 11) is 0. The van der Waals surface area contributed by atoms with E-state index in [1.165, 1.54) is 24.3 Å². The van der Waals surface area contributed by atoms with Gasteiger partial charge in [-0.3, -0.25) is 0 Å². The molecular weight excluding hydrogens is 317 g/mol. The summed E-state index contributed by atoms with van der Waals surface area (Å²) in [5.74, 6) is -1.13. The molecule has 1 aromatic rings. The molecule has 0 heterocycles. The van der Waals surface area contributed by atoms with Crippen LogP contribution in [-0.4, -0.2) is 28.9 Å². The van der Waals surface area contributed by atoms with Crippen molar-refractivity contribution in [3.63, 3.8) is 0 Å². The molecule has 20 heavy (non-hydrogen) atoms. The van der Waals surface area contributed by atoms with Crippen LogP contribution in [0.1, 0.15) is 5.56 Å². The smallest absolute Gasteiger partial charge is 0.441 e. The van der Waals surface area contributed by atoms with E-state index in [4.69, 9.17) is 21.4 Å². The van der Waals surface area contributed by atoms with Gasteiger partial charge < -0.3 is 9.84 Å². The van der Waals surface area contributed by atoms with Gasteiger partial charge in [-0.15, -0.1) is 0 Å². The third-order valence-corrected chi connectivity index (χ3v) is 2.92. The van der Waals surface area contributed by atoms with E-state index in [1.807, 2.05) is 0 Å². The number of benzene rings is 1. The second-order valence-electron chi connectivity index (χ2n) is 3.50. The zero-order valence-corrected chi connectivity index (χ0v) is 11.6. The van der Waals surface area contributed by atoms with Crippen LogP contribution in [0.5, 0.6) is 5.75 Å². The molecule has 0 fully saturated rings. The highest BCUT2D eigenvalue weighted by molar-refractivity contribution is 8.00. The summed E-state index contributed by atoms with van der Waals surface area (Å²) in [5.41, 5.74) is -3.91. The van der Waals surface area contributed by atoms with Crippen molar-refractivity contribution in [3.8, 4) is 5.75 Å². The second kappa shape index (κ2) is 7.44. The van der Waals surface area contributed by atoms with Crippen molar-refractivity contribution >= 4 is 35.4 Å². The van der Waals surface area contributed by atoms with E-state index < -0.39 is 11.5 Å². The second-order valence-corrected chi connectivity index (χ2v) is 5.09. The zero-order chi connectivity index (χ0) is 15.2. The monoisotopic (exact) mass is 326 g/mol. The fourth-order valence-electron chi connectivity index (χ4n) is 1.25. The summed E-state index contributed by atoms with van der Waals surface area (Å²) in [4.78, 5) is 10.5. The normalized spacial score (nSPS) is 11.8. The van der Waals surface area contributed by atoms with Gasteiger partial charge in [-0.1, -0.05) is 11.6 Å². The molecule has 0 unspecified atom stereocenters. The lowest BCUT2D eigenvalue weighted by molar-refractivity contribution is -0.131. The first-order valence-electron chi connectivity index (χ1n) is 5.32. The number of alkyl halides is 3. The quantitative estimate of drug-likeness (QED) is 0.632. The fraction of sp³-hybridized carbons (Fsp3) is 0.250. The van der Waals surface area contributed by atoms with Gasteiger partial charge in [0.25, 0.3) is 0 Å². The van der Waals surface area contributed by atoms with Crippen LogP contribution >= 0.6 is 23.4 Å². The minimum absolute atomic E-state index is 0.153. The molecule has 0 radical (unpaired) electrons. The Hall–Kier alpha value is -1.34. The van der Waals surface area contributed by atoms with Crippen LogP contribution in [0.15, 0.2) is 24.3 Å². The molecule has 0 saturated carbocycles. The first-order valence-corrected chi connectivity index (χ1v) is 6.68. The Labute approximate surface area is 122 Å². The largest absolute Gasteiger partial charge is 0.492 e. The van der Waals surface area contributed by atoms with Gasteiger partial charge in [-0.25, -0.2) is 4.79 Å². The van der Waals surface area contributed by atoms with Gasteiger partial charge >= 0.3 is 11.5 Å². The Balaban J connectivity index is 2.67. The van der Waals surface area contributed by atoms with E-state index in [-0.39, 0.29) is 29.9 Å². The summed E-state index contributed by atoms with van der Waals surface area (Å²) in [6.07, 6.45) is 2.16. The molecule has 0 spiro atoms. The minimum atomic E-state index is -4.30. The topological polar surface area (TPSA) is 46.5 Å². The predicted molar refractivity (Wildman–Crippen MR) is 72.1 cm³/mol. The fourth-order valence-corrected chi connectivity index (χ4v) is 1.83. The molecule has 0 aliphatic carbocycles. The summed E-state index contributed by atoms with van der Waals surface area (Å²) < 4.78 is 41.0.